The van der Waals surface area contributed by atoms with Crippen molar-refractivity contribution in [3.05, 3.63) is 12.2 Å². The van der Waals surface area contributed by atoms with Gasteiger partial charge in [-0.25, -0.2) is 0 Å². The van der Waals surface area contributed by atoms with Crippen LogP contribution in [-0.4, -0.2) is 5.78 Å². The van der Waals surface area contributed by atoms with Crippen LogP contribution in [0.5, 0.6) is 0 Å². The van der Waals surface area contributed by atoms with E-state index in [1.807, 2.05) is 0 Å². The molecule has 0 aromatic rings. The summed E-state index contributed by atoms with van der Waals surface area (Å²) in [5, 5.41) is 0. The fourth-order valence-corrected chi connectivity index (χ4v) is 1.53. The quantitative estimate of drug-likeness (QED) is 0.507. The van der Waals surface area contributed by atoms with Gasteiger partial charge in [0.15, 0.2) is 0 Å². The molecule has 0 unspecified atom stereocenters. The van der Waals surface area contributed by atoms with Gasteiger partial charge in [-0.3, -0.25) is 4.79 Å². The number of hydrogen-bond acceptors (Lipinski definition) is 1. The summed E-state index contributed by atoms with van der Waals surface area (Å²) in [5.74, 6) is 0.539. The van der Waals surface area contributed by atoms with E-state index in [-0.39, 0.29) is 11.3 Å². The van der Waals surface area contributed by atoms with Gasteiger partial charge in [0.05, 0.1) is 0 Å². The first-order chi connectivity index (χ1) is 4.46. The predicted molar refractivity (Wildman–Crippen MR) is 41.7 cm³/mol. The van der Waals surface area contributed by atoms with Gasteiger partial charge >= 0.3 is 0 Å². The van der Waals surface area contributed by atoms with Crippen LogP contribution in [0.15, 0.2) is 12.2 Å². The largest absolute Gasteiger partial charge is 0.300 e. The van der Waals surface area contributed by atoms with Gasteiger partial charge in [0.2, 0.25) is 0 Å². The molecule has 1 saturated carbocycles. The van der Waals surface area contributed by atoms with E-state index in [1.54, 1.807) is 6.92 Å². The van der Waals surface area contributed by atoms with Crippen LogP contribution < -0.4 is 0 Å². The Bertz CT molecular complexity index is 189. The van der Waals surface area contributed by atoms with E-state index >= 15 is 0 Å². The van der Waals surface area contributed by atoms with Crippen molar-refractivity contribution in [2.24, 2.45) is 11.3 Å². The topological polar surface area (TPSA) is 17.1 Å². The van der Waals surface area contributed by atoms with Crippen LogP contribution in [0, 0.1) is 11.3 Å². The zero-order valence-electron chi connectivity index (χ0n) is 6.90. The summed E-state index contributed by atoms with van der Waals surface area (Å²) in [6.45, 7) is 9.74. The molecule has 10 heavy (non-hydrogen) atoms. The second-order valence-electron chi connectivity index (χ2n) is 3.69. The molecule has 0 amide bonds. The first kappa shape index (κ1) is 7.52. The molecule has 56 valence electrons. The summed E-state index contributed by atoms with van der Waals surface area (Å²) in [5.41, 5.74) is 1.29. The van der Waals surface area contributed by atoms with E-state index in [4.69, 9.17) is 0 Å². The number of carbonyl (C=O) groups excluding carboxylic acids is 1. The highest BCUT2D eigenvalue weighted by Gasteiger charge is 2.44. The molecular formula is C9H14O. The minimum absolute atomic E-state index is 0.0752. The zero-order valence-corrected chi connectivity index (χ0v) is 6.90. The molecule has 1 atom stereocenters. The van der Waals surface area contributed by atoms with Gasteiger partial charge < -0.3 is 0 Å². The highest BCUT2D eigenvalue weighted by atomic mass is 16.1. The van der Waals surface area contributed by atoms with Crippen molar-refractivity contribution >= 4 is 5.78 Å². The summed E-state index contributed by atoms with van der Waals surface area (Å²) >= 11 is 0. The Morgan fingerprint density at radius 2 is 2.20 bits per heavy atom. The van der Waals surface area contributed by atoms with Crippen LogP contribution in [-0.2, 0) is 4.79 Å². The molecule has 0 aromatic heterocycles. The van der Waals surface area contributed by atoms with Gasteiger partial charge in [0.1, 0.15) is 5.78 Å². The van der Waals surface area contributed by atoms with Crippen molar-refractivity contribution in [3.8, 4) is 0 Å². The van der Waals surface area contributed by atoms with E-state index in [0.717, 1.165) is 6.42 Å². The third-order valence-corrected chi connectivity index (χ3v) is 2.72. The first-order valence-electron chi connectivity index (χ1n) is 3.65. The van der Waals surface area contributed by atoms with E-state index in [1.165, 1.54) is 5.57 Å². The van der Waals surface area contributed by atoms with Crippen LogP contribution in [0.25, 0.3) is 0 Å². The predicted octanol–water partition coefficient (Wildman–Crippen LogP) is 2.18. The third kappa shape index (κ3) is 0.808. The molecule has 1 heteroatoms. The lowest BCUT2D eigenvalue weighted by molar-refractivity contribution is -0.126. The van der Waals surface area contributed by atoms with Crippen LogP contribution in [0.3, 0.4) is 0 Å². The number of Topliss-reactive ketones (excluding diaryl/α,β-unsaturated/α-hetero) is 1. The SMILES string of the molecule is C=C1C[C@@H](C(C)=O)C1(C)C. The normalized spacial score (nSPS) is 29.5. The lowest BCUT2D eigenvalue weighted by Gasteiger charge is -2.45. The first-order valence-corrected chi connectivity index (χ1v) is 3.65. The van der Waals surface area contributed by atoms with Crippen LogP contribution in [0.2, 0.25) is 0 Å². The Kier molecular flexibility index (Phi) is 1.46. The summed E-state index contributed by atoms with van der Waals surface area (Å²) < 4.78 is 0. The molecule has 0 aliphatic heterocycles. The Labute approximate surface area is 62.1 Å². The Balaban J connectivity index is 2.72. The van der Waals surface area contributed by atoms with Crippen molar-refractivity contribution in [2.75, 3.05) is 0 Å². The summed E-state index contributed by atoms with van der Waals surface area (Å²) in [7, 11) is 0. The summed E-state index contributed by atoms with van der Waals surface area (Å²) in [6, 6.07) is 0. The van der Waals surface area contributed by atoms with Gasteiger partial charge in [-0.05, 0) is 18.8 Å². The Morgan fingerprint density at radius 3 is 2.30 bits per heavy atom. The number of allylic oxidation sites excluding steroid dienone is 1. The van der Waals surface area contributed by atoms with Crippen molar-refractivity contribution < 1.29 is 4.79 Å². The minimum Gasteiger partial charge on any atom is -0.300 e. The van der Waals surface area contributed by atoms with E-state index in [9.17, 15) is 4.79 Å². The van der Waals surface area contributed by atoms with Crippen molar-refractivity contribution in [3.63, 3.8) is 0 Å². The summed E-state index contributed by atoms with van der Waals surface area (Å²) in [4.78, 5) is 10.9. The third-order valence-electron chi connectivity index (χ3n) is 2.72. The standard InChI is InChI=1S/C9H14O/c1-6-5-8(7(2)10)9(6,3)4/h8H,1,5H2,2-4H3/t8-/m0/s1. The van der Waals surface area contributed by atoms with Gasteiger partial charge in [-0.2, -0.15) is 0 Å². The maximum Gasteiger partial charge on any atom is 0.134 e. The number of hydrogen-bond donors (Lipinski definition) is 0. The molecule has 0 aromatic carbocycles. The van der Waals surface area contributed by atoms with Gasteiger partial charge in [-0.15, -0.1) is 0 Å². The maximum absolute atomic E-state index is 10.9. The van der Waals surface area contributed by atoms with E-state index in [0.29, 0.717) is 5.78 Å². The molecule has 1 aliphatic carbocycles. The molecule has 0 spiro atoms. The van der Waals surface area contributed by atoms with Crippen molar-refractivity contribution in [1.82, 2.24) is 0 Å². The fourth-order valence-electron chi connectivity index (χ4n) is 1.53. The van der Waals surface area contributed by atoms with Gasteiger partial charge in [0.25, 0.3) is 0 Å². The lowest BCUT2D eigenvalue weighted by atomic mass is 9.58. The molecule has 0 saturated heterocycles. The monoisotopic (exact) mass is 138 g/mol. The number of ketones is 1. The molecule has 0 bridgehead atoms. The second kappa shape index (κ2) is 1.94. The highest BCUT2D eigenvalue weighted by molar-refractivity contribution is 5.81. The smallest absolute Gasteiger partial charge is 0.134 e. The number of carbonyl (C=O) groups is 1. The number of rotatable bonds is 1. The van der Waals surface area contributed by atoms with Crippen LogP contribution in [0.4, 0.5) is 0 Å². The zero-order chi connectivity index (χ0) is 7.94. The molecule has 1 fully saturated rings. The van der Waals surface area contributed by atoms with Crippen LogP contribution >= 0.6 is 0 Å². The van der Waals surface area contributed by atoms with Crippen LogP contribution in [0.1, 0.15) is 27.2 Å². The molecule has 0 radical (unpaired) electrons. The molecular weight excluding hydrogens is 124 g/mol. The molecule has 0 N–H and O–H groups in total. The minimum atomic E-state index is 0.0752. The lowest BCUT2D eigenvalue weighted by Crippen LogP contribution is -2.41. The molecule has 1 rings (SSSR count). The molecule has 1 aliphatic rings. The average Bonchev–Trinajstić information content (AvgIpc) is 1.82. The maximum atomic E-state index is 10.9. The van der Waals surface area contributed by atoms with Crippen molar-refractivity contribution in [1.29, 1.82) is 0 Å². The Morgan fingerprint density at radius 1 is 1.70 bits per heavy atom. The molecule has 0 heterocycles. The molecule has 1 nitrogen and oxygen atoms in total. The van der Waals surface area contributed by atoms with Gasteiger partial charge in [0, 0.05) is 5.92 Å². The second-order valence-corrected chi connectivity index (χ2v) is 3.69. The fraction of sp³-hybridized carbons (Fsp3) is 0.667. The average molecular weight is 138 g/mol. The summed E-state index contributed by atoms with van der Waals surface area (Å²) in [6.07, 6.45) is 0.905. The van der Waals surface area contributed by atoms with E-state index < -0.39 is 0 Å². The highest BCUT2D eigenvalue weighted by Crippen LogP contribution is 2.49. The van der Waals surface area contributed by atoms with Crippen molar-refractivity contribution in [2.45, 2.75) is 27.2 Å². The Hall–Kier alpha value is -0.590. The van der Waals surface area contributed by atoms with E-state index in [2.05, 4.69) is 20.4 Å². The van der Waals surface area contributed by atoms with Gasteiger partial charge in [-0.1, -0.05) is 26.0 Å².